The van der Waals surface area contributed by atoms with Crippen LogP contribution in [0.5, 0.6) is 0 Å². The molecule has 0 saturated heterocycles. The number of hydrogen-bond donors (Lipinski definition) is 0. The third kappa shape index (κ3) is 3.06. The van der Waals surface area contributed by atoms with Gasteiger partial charge in [-0.2, -0.15) is 0 Å². The summed E-state index contributed by atoms with van der Waals surface area (Å²) in [6, 6.07) is 24.6. The van der Waals surface area contributed by atoms with Gasteiger partial charge in [-0.3, -0.25) is 0 Å². The van der Waals surface area contributed by atoms with Crippen molar-refractivity contribution in [2.45, 2.75) is 52.4 Å². The molecule has 1 nitrogen and oxygen atoms in total. The van der Waals surface area contributed by atoms with Crippen molar-refractivity contribution in [3.8, 4) is 5.69 Å². The molecule has 0 fully saturated rings. The molecule has 0 atom stereocenters. The molecular formula is C26H29N. The molecule has 0 N–H and O–H groups in total. The first-order valence-electron chi connectivity index (χ1n) is 9.81. The maximum absolute atomic E-state index is 2.39. The van der Waals surface area contributed by atoms with Crippen molar-refractivity contribution in [1.29, 1.82) is 0 Å². The Balaban J connectivity index is 2.13. The van der Waals surface area contributed by atoms with E-state index in [0.29, 0.717) is 0 Å². The minimum absolute atomic E-state index is 0.136. The molecule has 0 aliphatic heterocycles. The van der Waals surface area contributed by atoms with E-state index in [0.717, 1.165) is 0 Å². The summed E-state index contributed by atoms with van der Waals surface area (Å²) >= 11 is 0. The Morgan fingerprint density at radius 2 is 1.00 bits per heavy atom. The third-order valence-corrected chi connectivity index (χ3v) is 5.51. The number of rotatable bonds is 1. The topological polar surface area (TPSA) is 4.93 Å². The van der Waals surface area contributed by atoms with Crippen LogP contribution in [0, 0.1) is 0 Å². The monoisotopic (exact) mass is 355 g/mol. The second-order valence-corrected chi connectivity index (χ2v) is 9.63. The Morgan fingerprint density at radius 3 is 1.41 bits per heavy atom. The molecule has 0 unspecified atom stereocenters. The lowest BCUT2D eigenvalue weighted by molar-refractivity contribution is 0.590. The van der Waals surface area contributed by atoms with Crippen molar-refractivity contribution < 1.29 is 0 Å². The predicted octanol–water partition coefficient (Wildman–Crippen LogP) is 7.38. The molecule has 0 bridgehead atoms. The second-order valence-electron chi connectivity index (χ2n) is 9.63. The Hall–Kier alpha value is -2.54. The van der Waals surface area contributed by atoms with Gasteiger partial charge in [0.15, 0.2) is 0 Å². The highest BCUT2D eigenvalue weighted by atomic mass is 15.0. The molecular weight excluding hydrogens is 326 g/mol. The van der Waals surface area contributed by atoms with Crippen LogP contribution in [0.1, 0.15) is 52.7 Å². The van der Waals surface area contributed by atoms with Crippen LogP contribution in [-0.2, 0) is 10.8 Å². The van der Waals surface area contributed by atoms with E-state index in [1.807, 2.05) is 0 Å². The largest absolute Gasteiger partial charge is 0.309 e. The normalized spacial score (nSPS) is 12.8. The molecule has 0 aliphatic carbocycles. The van der Waals surface area contributed by atoms with Gasteiger partial charge in [-0.15, -0.1) is 0 Å². The summed E-state index contributed by atoms with van der Waals surface area (Å²) < 4.78 is 2.39. The van der Waals surface area contributed by atoms with E-state index in [1.165, 1.54) is 38.6 Å². The van der Waals surface area contributed by atoms with Crippen LogP contribution in [0.2, 0.25) is 0 Å². The molecule has 0 saturated carbocycles. The fourth-order valence-electron chi connectivity index (χ4n) is 3.81. The van der Waals surface area contributed by atoms with Crippen molar-refractivity contribution >= 4 is 21.8 Å². The number of hydrogen-bond acceptors (Lipinski definition) is 0. The van der Waals surface area contributed by atoms with Crippen LogP contribution in [0.15, 0.2) is 66.7 Å². The minimum Gasteiger partial charge on any atom is -0.309 e. The van der Waals surface area contributed by atoms with Crippen molar-refractivity contribution in [3.63, 3.8) is 0 Å². The highest BCUT2D eigenvalue weighted by Gasteiger charge is 2.20. The summed E-state index contributed by atoms with van der Waals surface area (Å²) in [5, 5.41) is 2.68. The fraction of sp³-hybridized carbons (Fsp3) is 0.308. The molecule has 4 rings (SSSR count). The zero-order chi connectivity index (χ0) is 19.4. The molecule has 4 aromatic rings. The summed E-state index contributed by atoms with van der Waals surface area (Å²) in [6.07, 6.45) is 0. The quantitative estimate of drug-likeness (QED) is 0.336. The van der Waals surface area contributed by atoms with E-state index in [-0.39, 0.29) is 10.8 Å². The van der Waals surface area contributed by atoms with Crippen molar-refractivity contribution in [1.82, 2.24) is 4.57 Å². The van der Waals surface area contributed by atoms with Crippen LogP contribution >= 0.6 is 0 Å². The van der Waals surface area contributed by atoms with E-state index in [4.69, 9.17) is 0 Å². The van der Waals surface area contributed by atoms with Crippen LogP contribution in [0.3, 0.4) is 0 Å². The predicted molar refractivity (Wildman–Crippen MR) is 118 cm³/mol. The van der Waals surface area contributed by atoms with Crippen LogP contribution in [-0.4, -0.2) is 4.57 Å². The Labute approximate surface area is 162 Å². The van der Waals surface area contributed by atoms with E-state index >= 15 is 0 Å². The van der Waals surface area contributed by atoms with Crippen LogP contribution in [0.25, 0.3) is 27.5 Å². The molecule has 0 spiro atoms. The number of aromatic nitrogens is 1. The second kappa shape index (κ2) is 5.99. The Morgan fingerprint density at radius 1 is 0.556 bits per heavy atom. The van der Waals surface area contributed by atoms with Gasteiger partial charge in [0.1, 0.15) is 0 Å². The minimum atomic E-state index is 0.136. The number of nitrogens with zero attached hydrogens (tertiary/aromatic N) is 1. The van der Waals surface area contributed by atoms with E-state index in [2.05, 4.69) is 113 Å². The van der Waals surface area contributed by atoms with Crippen LogP contribution < -0.4 is 0 Å². The van der Waals surface area contributed by atoms with E-state index < -0.39 is 0 Å². The highest BCUT2D eigenvalue weighted by Crippen LogP contribution is 2.37. The Kier molecular flexibility index (Phi) is 3.96. The summed E-state index contributed by atoms with van der Waals surface area (Å²) in [5.74, 6) is 0. The summed E-state index contributed by atoms with van der Waals surface area (Å²) in [4.78, 5) is 0. The molecule has 0 aliphatic rings. The molecule has 3 aromatic carbocycles. The summed E-state index contributed by atoms with van der Waals surface area (Å²) in [7, 11) is 0. The van der Waals surface area contributed by atoms with Gasteiger partial charge in [0.2, 0.25) is 0 Å². The number of fused-ring (bicyclic) bond motifs is 3. The van der Waals surface area contributed by atoms with Crippen molar-refractivity contribution in [2.24, 2.45) is 0 Å². The molecule has 1 heterocycles. The zero-order valence-corrected chi connectivity index (χ0v) is 17.3. The van der Waals surface area contributed by atoms with E-state index in [1.54, 1.807) is 0 Å². The van der Waals surface area contributed by atoms with Crippen LogP contribution in [0.4, 0.5) is 0 Å². The van der Waals surface area contributed by atoms with Gasteiger partial charge in [-0.25, -0.2) is 0 Å². The van der Waals surface area contributed by atoms with Gasteiger partial charge >= 0.3 is 0 Å². The molecule has 1 aromatic heterocycles. The highest BCUT2D eigenvalue weighted by molar-refractivity contribution is 6.09. The molecule has 1 heteroatoms. The SMILES string of the molecule is CC(C)(C)c1ccc2c(c1)c1cc(C(C)(C)C)ccc1n2-c1ccccc1. The first kappa shape index (κ1) is 17.9. The van der Waals surface area contributed by atoms with Crippen molar-refractivity contribution in [2.75, 3.05) is 0 Å². The van der Waals surface area contributed by atoms with Gasteiger partial charge in [-0.1, -0.05) is 71.9 Å². The maximum atomic E-state index is 2.39. The lowest BCUT2D eigenvalue weighted by Crippen LogP contribution is -2.10. The molecule has 138 valence electrons. The van der Waals surface area contributed by atoms with Gasteiger partial charge in [-0.05, 0) is 58.4 Å². The first-order valence-corrected chi connectivity index (χ1v) is 9.81. The number of para-hydroxylation sites is 1. The third-order valence-electron chi connectivity index (χ3n) is 5.51. The van der Waals surface area contributed by atoms with Gasteiger partial charge in [0.25, 0.3) is 0 Å². The standard InChI is InChI=1S/C26H29N/c1-25(2,3)18-12-14-23-21(16-18)22-17-19(26(4,5)6)13-15-24(22)27(23)20-10-8-7-9-11-20/h7-17H,1-6H3. The average molecular weight is 356 g/mol. The lowest BCUT2D eigenvalue weighted by Gasteiger charge is -2.19. The summed E-state index contributed by atoms with van der Waals surface area (Å²) in [5.41, 5.74) is 6.79. The van der Waals surface area contributed by atoms with Crippen molar-refractivity contribution in [3.05, 3.63) is 77.9 Å². The molecule has 0 amide bonds. The smallest absolute Gasteiger partial charge is 0.0541 e. The first-order chi connectivity index (χ1) is 12.7. The van der Waals surface area contributed by atoms with Gasteiger partial charge in [0.05, 0.1) is 11.0 Å². The number of benzene rings is 3. The van der Waals surface area contributed by atoms with Gasteiger partial charge < -0.3 is 4.57 Å². The fourth-order valence-corrected chi connectivity index (χ4v) is 3.81. The maximum Gasteiger partial charge on any atom is 0.0541 e. The summed E-state index contributed by atoms with van der Waals surface area (Å²) in [6.45, 7) is 13.7. The molecule has 27 heavy (non-hydrogen) atoms. The Bertz CT molecular complexity index is 1050. The average Bonchev–Trinajstić information content (AvgIpc) is 2.94. The van der Waals surface area contributed by atoms with E-state index in [9.17, 15) is 0 Å². The zero-order valence-electron chi connectivity index (χ0n) is 17.3. The lowest BCUT2D eigenvalue weighted by atomic mass is 9.85. The molecule has 0 radical (unpaired) electrons. The van der Waals surface area contributed by atoms with Gasteiger partial charge in [0, 0.05) is 16.5 Å².